The number of nitro benzene ring substituents is 1. The summed E-state index contributed by atoms with van der Waals surface area (Å²) in [4.78, 5) is 35.1. The van der Waals surface area contributed by atoms with Gasteiger partial charge in [-0.25, -0.2) is 0 Å². The quantitative estimate of drug-likeness (QED) is 0.469. The van der Waals surface area contributed by atoms with Crippen LogP contribution in [-0.4, -0.2) is 37.6 Å². The Balaban J connectivity index is 2.32. The van der Waals surface area contributed by atoms with E-state index in [-0.39, 0.29) is 30.3 Å². The molecule has 1 amide bonds. The molecule has 21 heavy (non-hydrogen) atoms. The summed E-state index contributed by atoms with van der Waals surface area (Å²) in [5.41, 5.74) is 0.270. The van der Waals surface area contributed by atoms with Gasteiger partial charge in [-0.15, -0.1) is 0 Å². The maximum atomic E-state index is 12.0. The van der Waals surface area contributed by atoms with Gasteiger partial charge in [-0.05, 0) is 6.07 Å². The van der Waals surface area contributed by atoms with E-state index in [4.69, 9.17) is 4.74 Å². The highest BCUT2D eigenvalue weighted by molar-refractivity contribution is 6.00. The van der Waals surface area contributed by atoms with Crippen LogP contribution in [0.3, 0.4) is 0 Å². The highest BCUT2D eigenvalue weighted by Gasteiger charge is 2.37. The molecule has 1 aliphatic heterocycles. The summed E-state index contributed by atoms with van der Waals surface area (Å²) < 4.78 is 9.74. The van der Waals surface area contributed by atoms with E-state index in [1.807, 2.05) is 0 Å². The molecule has 0 spiro atoms. The van der Waals surface area contributed by atoms with Crippen LogP contribution in [0.5, 0.6) is 5.75 Å². The molecule has 0 aromatic heterocycles. The van der Waals surface area contributed by atoms with Gasteiger partial charge in [0, 0.05) is 19.0 Å². The smallest absolute Gasteiger partial charge is 0.311 e. The Hall–Kier alpha value is -2.64. The topological polar surface area (TPSA) is 99.0 Å². The van der Waals surface area contributed by atoms with Crippen molar-refractivity contribution in [3.63, 3.8) is 0 Å². The van der Waals surface area contributed by atoms with Gasteiger partial charge in [-0.2, -0.15) is 0 Å². The minimum atomic E-state index is -0.546. The molecule has 0 aliphatic carbocycles. The number of amides is 1. The maximum absolute atomic E-state index is 12.0. The second kappa shape index (κ2) is 5.78. The molecule has 0 saturated carbocycles. The van der Waals surface area contributed by atoms with Gasteiger partial charge in [0.1, 0.15) is 5.75 Å². The lowest BCUT2D eigenvalue weighted by Crippen LogP contribution is -2.26. The number of ether oxygens (including phenoxy) is 2. The zero-order valence-electron chi connectivity index (χ0n) is 11.6. The number of rotatable bonds is 4. The molecular formula is C13H14N2O6. The van der Waals surface area contributed by atoms with Crippen LogP contribution in [0.15, 0.2) is 18.2 Å². The van der Waals surface area contributed by atoms with Crippen LogP contribution in [0.25, 0.3) is 0 Å². The number of carbonyl (C=O) groups excluding carboxylic acids is 2. The third-order valence-corrected chi connectivity index (χ3v) is 3.32. The van der Waals surface area contributed by atoms with Gasteiger partial charge in [-0.3, -0.25) is 19.7 Å². The van der Waals surface area contributed by atoms with Crippen LogP contribution in [-0.2, 0) is 14.3 Å². The van der Waals surface area contributed by atoms with E-state index in [2.05, 4.69) is 4.74 Å². The molecular weight excluding hydrogens is 280 g/mol. The van der Waals surface area contributed by atoms with Gasteiger partial charge in [0.2, 0.25) is 5.91 Å². The Kier molecular flexibility index (Phi) is 4.06. The Morgan fingerprint density at radius 2 is 2.14 bits per heavy atom. The first-order valence-corrected chi connectivity index (χ1v) is 6.18. The maximum Gasteiger partial charge on any atom is 0.311 e. The second-order valence-corrected chi connectivity index (χ2v) is 4.54. The number of methoxy groups -OCH3 is 2. The zero-order chi connectivity index (χ0) is 15.6. The highest BCUT2D eigenvalue weighted by atomic mass is 16.6. The summed E-state index contributed by atoms with van der Waals surface area (Å²) >= 11 is 0. The van der Waals surface area contributed by atoms with Crippen molar-refractivity contribution in [2.45, 2.75) is 6.42 Å². The Bertz CT molecular complexity index is 600. The molecule has 0 bridgehead atoms. The van der Waals surface area contributed by atoms with Crippen molar-refractivity contribution in [3.05, 3.63) is 28.3 Å². The standard InChI is InChI=1S/C13H14N2O6/c1-20-11-6-9(15(18)19)3-4-10(11)14-7-8(5-12(14)16)13(17)21-2/h3-4,6,8H,5,7H2,1-2H3. The molecule has 1 atom stereocenters. The number of hydrogen-bond acceptors (Lipinski definition) is 6. The Labute approximate surface area is 120 Å². The number of nitrogens with zero attached hydrogens (tertiary/aromatic N) is 2. The molecule has 1 aromatic carbocycles. The average Bonchev–Trinajstić information content (AvgIpc) is 2.87. The largest absolute Gasteiger partial charge is 0.494 e. The number of hydrogen-bond donors (Lipinski definition) is 0. The van der Waals surface area contributed by atoms with Gasteiger partial charge < -0.3 is 14.4 Å². The molecule has 1 unspecified atom stereocenters. The fourth-order valence-electron chi connectivity index (χ4n) is 2.27. The fraction of sp³-hybridized carbons (Fsp3) is 0.385. The van der Waals surface area contributed by atoms with Crippen LogP contribution in [0.2, 0.25) is 0 Å². The van der Waals surface area contributed by atoms with Crippen LogP contribution < -0.4 is 9.64 Å². The number of anilines is 1. The lowest BCUT2D eigenvalue weighted by molar-refractivity contribution is -0.384. The van der Waals surface area contributed by atoms with Crippen molar-refractivity contribution < 1.29 is 24.0 Å². The molecule has 1 aromatic rings. The van der Waals surface area contributed by atoms with E-state index in [0.717, 1.165) is 0 Å². The van der Waals surface area contributed by atoms with Crippen LogP contribution >= 0.6 is 0 Å². The van der Waals surface area contributed by atoms with E-state index >= 15 is 0 Å². The van der Waals surface area contributed by atoms with E-state index in [1.165, 1.54) is 37.3 Å². The van der Waals surface area contributed by atoms with Crippen LogP contribution in [0.1, 0.15) is 6.42 Å². The van der Waals surface area contributed by atoms with Crippen molar-refractivity contribution in [1.82, 2.24) is 0 Å². The molecule has 112 valence electrons. The first kappa shape index (κ1) is 14.8. The van der Waals surface area contributed by atoms with Crippen LogP contribution in [0, 0.1) is 16.0 Å². The van der Waals surface area contributed by atoms with Crippen molar-refractivity contribution >= 4 is 23.3 Å². The molecule has 8 nitrogen and oxygen atoms in total. The minimum absolute atomic E-state index is 0.0484. The van der Waals surface area contributed by atoms with E-state index in [0.29, 0.717) is 5.69 Å². The third kappa shape index (κ3) is 2.78. The number of non-ortho nitro benzene ring substituents is 1. The molecule has 1 aliphatic rings. The summed E-state index contributed by atoms with van der Waals surface area (Å²) in [6, 6.07) is 3.97. The van der Waals surface area contributed by atoms with Gasteiger partial charge in [0.15, 0.2) is 0 Å². The second-order valence-electron chi connectivity index (χ2n) is 4.54. The highest BCUT2D eigenvalue weighted by Crippen LogP contribution is 2.35. The predicted molar refractivity (Wildman–Crippen MR) is 72.1 cm³/mol. The van der Waals surface area contributed by atoms with Gasteiger partial charge in [-0.1, -0.05) is 0 Å². The summed E-state index contributed by atoms with van der Waals surface area (Å²) in [6.45, 7) is 0.166. The lowest BCUT2D eigenvalue weighted by atomic mass is 10.1. The first-order chi connectivity index (χ1) is 9.97. The number of benzene rings is 1. The number of esters is 1. The van der Waals surface area contributed by atoms with E-state index in [1.54, 1.807) is 0 Å². The fourth-order valence-corrected chi connectivity index (χ4v) is 2.27. The van der Waals surface area contributed by atoms with Crippen LogP contribution in [0.4, 0.5) is 11.4 Å². The minimum Gasteiger partial charge on any atom is -0.494 e. The third-order valence-electron chi connectivity index (χ3n) is 3.32. The molecule has 0 radical (unpaired) electrons. The summed E-state index contributed by atoms with van der Waals surface area (Å²) in [6.07, 6.45) is 0.0484. The molecule has 2 rings (SSSR count). The predicted octanol–water partition coefficient (Wildman–Crippen LogP) is 1.13. The van der Waals surface area contributed by atoms with Gasteiger partial charge in [0.05, 0.1) is 36.8 Å². The van der Waals surface area contributed by atoms with Crippen molar-refractivity contribution in [2.75, 3.05) is 25.7 Å². The Morgan fingerprint density at radius 3 is 2.71 bits per heavy atom. The molecule has 1 saturated heterocycles. The van der Waals surface area contributed by atoms with E-state index in [9.17, 15) is 19.7 Å². The molecule has 1 fully saturated rings. The zero-order valence-corrected chi connectivity index (χ0v) is 11.6. The van der Waals surface area contributed by atoms with E-state index < -0.39 is 16.8 Å². The summed E-state index contributed by atoms with van der Waals surface area (Å²) in [5.74, 6) is -1.03. The number of carbonyl (C=O) groups is 2. The SMILES string of the molecule is COC(=O)C1CC(=O)N(c2ccc([N+](=O)[O-])cc2OC)C1. The van der Waals surface area contributed by atoms with Crippen molar-refractivity contribution in [1.29, 1.82) is 0 Å². The average molecular weight is 294 g/mol. The van der Waals surface area contributed by atoms with Gasteiger partial charge >= 0.3 is 5.97 Å². The first-order valence-electron chi connectivity index (χ1n) is 6.18. The monoisotopic (exact) mass is 294 g/mol. The van der Waals surface area contributed by atoms with Crippen molar-refractivity contribution in [2.24, 2.45) is 5.92 Å². The normalized spacial score (nSPS) is 17.7. The molecule has 0 N–H and O–H groups in total. The Morgan fingerprint density at radius 1 is 1.43 bits per heavy atom. The summed E-state index contributed by atoms with van der Waals surface area (Å²) in [5, 5.41) is 10.8. The summed E-state index contributed by atoms with van der Waals surface area (Å²) in [7, 11) is 2.63. The molecule has 1 heterocycles. The number of nitro groups is 1. The van der Waals surface area contributed by atoms with Crippen molar-refractivity contribution in [3.8, 4) is 5.75 Å². The molecule has 8 heteroatoms. The lowest BCUT2D eigenvalue weighted by Gasteiger charge is -2.19. The van der Waals surface area contributed by atoms with Gasteiger partial charge in [0.25, 0.3) is 5.69 Å².